The number of phenols is 6. The topological polar surface area (TPSA) is 170 Å². The van der Waals surface area contributed by atoms with Gasteiger partial charge in [-0.25, -0.2) is 0 Å². The van der Waals surface area contributed by atoms with Crippen LogP contribution in [0.4, 0.5) is 0 Å². The number of phenolic OH excluding ortho intramolecular Hbond substituents is 6. The van der Waals surface area contributed by atoms with Crippen LogP contribution >= 0.6 is 12.4 Å². The molecule has 0 spiro atoms. The van der Waals surface area contributed by atoms with Crippen molar-refractivity contribution in [3.05, 3.63) is 35.4 Å². The molecule has 0 radical (unpaired) electrons. The summed E-state index contributed by atoms with van der Waals surface area (Å²) in [5, 5.41) is 64.3. The number of aromatic hydroxyl groups is 6. The molecule has 0 aromatic heterocycles. The zero-order valence-corrected chi connectivity index (χ0v) is 14.7. The molecule has 10 heteroatoms. The standard InChI is InChI=1S/C17H17N3O6.ClH/c18-11(7-19-5-9-1-3-12(21)16(25)14(9)23)8-20-6-10-2-4-13(22)17(26)15(10)24;/h1-6,18,21-26H,7-8H2;1H. The first-order valence-electron chi connectivity index (χ1n) is 7.35. The Morgan fingerprint density at radius 1 is 0.704 bits per heavy atom. The average Bonchev–Trinajstić information content (AvgIpc) is 2.61. The number of benzene rings is 2. The van der Waals surface area contributed by atoms with Crippen LogP contribution < -0.4 is 0 Å². The third-order valence-electron chi connectivity index (χ3n) is 3.35. The molecule has 0 aliphatic heterocycles. The zero-order valence-electron chi connectivity index (χ0n) is 13.9. The lowest BCUT2D eigenvalue weighted by atomic mass is 10.2. The second kappa shape index (κ2) is 9.30. The maximum absolute atomic E-state index is 9.64. The lowest BCUT2D eigenvalue weighted by Crippen LogP contribution is -2.06. The summed E-state index contributed by atoms with van der Waals surface area (Å²) < 4.78 is 0. The summed E-state index contributed by atoms with van der Waals surface area (Å²) in [6.07, 6.45) is 2.49. The van der Waals surface area contributed by atoms with Crippen LogP contribution in [0.2, 0.25) is 0 Å². The van der Waals surface area contributed by atoms with Crippen LogP contribution in [0.3, 0.4) is 0 Å². The van der Waals surface area contributed by atoms with E-state index in [1.807, 2.05) is 0 Å². The van der Waals surface area contributed by atoms with E-state index in [-0.39, 0.29) is 42.3 Å². The number of rotatable bonds is 6. The highest BCUT2D eigenvalue weighted by molar-refractivity contribution is 5.92. The zero-order chi connectivity index (χ0) is 19.3. The maximum Gasteiger partial charge on any atom is 0.200 e. The predicted octanol–water partition coefficient (Wildman–Crippen LogP) is 1.90. The van der Waals surface area contributed by atoms with Crippen molar-refractivity contribution < 1.29 is 30.6 Å². The molecular formula is C17H18ClN3O6. The van der Waals surface area contributed by atoms with E-state index in [1.54, 1.807) is 0 Å². The van der Waals surface area contributed by atoms with Crippen molar-refractivity contribution in [3.8, 4) is 34.5 Å². The molecule has 0 atom stereocenters. The van der Waals surface area contributed by atoms with Gasteiger partial charge in [0, 0.05) is 23.6 Å². The van der Waals surface area contributed by atoms with E-state index in [0.717, 1.165) is 0 Å². The van der Waals surface area contributed by atoms with Crippen LogP contribution in [0.5, 0.6) is 34.5 Å². The summed E-state index contributed by atoms with van der Waals surface area (Å²) in [7, 11) is 0. The van der Waals surface area contributed by atoms with Crippen molar-refractivity contribution in [2.24, 2.45) is 9.98 Å². The number of nitrogens with zero attached hydrogens (tertiary/aromatic N) is 2. The van der Waals surface area contributed by atoms with Gasteiger partial charge in [0.15, 0.2) is 23.0 Å². The van der Waals surface area contributed by atoms with Gasteiger partial charge in [0.2, 0.25) is 11.5 Å². The highest BCUT2D eigenvalue weighted by atomic mass is 35.5. The van der Waals surface area contributed by atoms with E-state index >= 15 is 0 Å². The summed E-state index contributed by atoms with van der Waals surface area (Å²) >= 11 is 0. The molecular weight excluding hydrogens is 378 g/mol. The van der Waals surface area contributed by atoms with Crippen LogP contribution in [-0.4, -0.2) is 61.9 Å². The van der Waals surface area contributed by atoms with E-state index < -0.39 is 34.5 Å². The van der Waals surface area contributed by atoms with Crippen molar-refractivity contribution in [2.75, 3.05) is 13.1 Å². The van der Waals surface area contributed by atoms with Crippen molar-refractivity contribution in [2.45, 2.75) is 0 Å². The predicted molar refractivity (Wildman–Crippen MR) is 103 cm³/mol. The van der Waals surface area contributed by atoms with Crippen LogP contribution in [0, 0.1) is 5.41 Å². The Hall–Kier alpha value is -3.46. The van der Waals surface area contributed by atoms with Gasteiger partial charge in [0.25, 0.3) is 0 Å². The van der Waals surface area contributed by atoms with Crippen molar-refractivity contribution in [3.63, 3.8) is 0 Å². The Labute approximate surface area is 160 Å². The molecule has 0 unspecified atom stereocenters. The number of halogens is 1. The van der Waals surface area contributed by atoms with Crippen LogP contribution in [0.25, 0.3) is 0 Å². The smallest absolute Gasteiger partial charge is 0.200 e. The van der Waals surface area contributed by atoms with Gasteiger partial charge in [0.05, 0.1) is 18.8 Å². The molecule has 0 saturated carbocycles. The van der Waals surface area contributed by atoms with Gasteiger partial charge in [-0.15, -0.1) is 12.4 Å². The molecule has 0 fully saturated rings. The summed E-state index contributed by atoms with van der Waals surface area (Å²) in [5.74, 6) is -3.23. The third kappa shape index (κ3) is 5.25. The Morgan fingerprint density at radius 3 is 1.44 bits per heavy atom. The van der Waals surface area contributed by atoms with E-state index in [0.29, 0.717) is 0 Å². The Balaban J connectivity index is 0.00000364. The third-order valence-corrected chi connectivity index (χ3v) is 3.35. The Morgan fingerprint density at radius 2 is 1.07 bits per heavy atom. The van der Waals surface area contributed by atoms with Gasteiger partial charge in [-0.2, -0.15) is 0 Å². The van der Waals surface area contributed by atoms with Crippen LogP contribution in [0.1, 0.15) is 11.1 Å². The monoisotopic (exact) mass is 395 g/mol. The van der Waals surface area contributed by atoms with Gasteiger partial charge in [-0.3, -0.25) is 9.98 Å². The summed E-state index contributed by atoms with van der Waals surface area (Å²) in [6.45, 7) is -0.0452. The molecule has 7 N–H and O–H groups in total. The molecule has 0 aliphatic carbocycles. The highest BCUT2D eigenvalue weighted by Gasteiger charge is 2.10. The van der Waals surface area contributed by atoms with Gasteiger partial charge < -0.3 is 36.0 Å². The molecule has 0 bridgehead atoms. The SMILES string of the molecule is Cl.N=C(CN=Cc1ccc(O)c(O)c1O)CN=Cc1ccc(O)c(O)c1O. The lowest BCUT2D eigenvalue weighted by Gasteiger charge is -2.04. The molecule has 0 amide bonds. The summed E-state index contributed by atoms with van der Waals surface area (Å²) in [4.78, 5) is 7.89. The van der Waals surface area contributed by atoms with Crippen molar-refractivity contribution >= 4 is 30.5 Å². The number of hydrogen-bond donors (Lipinski definition) is 7. The molecule has 2 rings (SSSR count). The molecule has 144 valence electrons. The first-order valence-corrected chi connectivity index (χ1v) is 7.35. The van der Waals surface area contributed by atoms with Crippen LogP contribution in [0.15, 0.2) is 34.3 Å². The lowest BCUT2D eigenvalue weighted by molar-refractivity contribution is 0.367. The fraction of sp³-hybridized carbons (Fsp3) is 0.118. The first-order chi connectivity index (χ1) is 12.3. The normalized spacial score (nSPS) is 11.0. The maximum atomic E-state index is 9.64. The van der Waals surface area contributed by atoms with Gasteiger partial charge >= 0.3 is 0 Å². The quantitative estimate of drug-likeness (QED) is 0.291. The molecule has 2 aromatic carbocycles. The van der Waals surface area contributed by atoms with E-state index in [9.17, 15) is 30.6 Å². The largest absolute Gasteiger partial charge is 0.504 e. The second-order valence-electron chi connectivity index (χ2n) is 5.29. The number of aliphatic imine (C=N–C) groups is 2. The average molecular weight is 396 g/mol. The van der Waals surface area contributed by atoms with Crippen LogP contribution in [-0.2, 0) is 0 Å². The van der Waals surface area contributed by atoms with Gasteiger partial charge in [-0.1, -0.05) is 0 Å². The number of hydrogen-bond acceptors (Lipinski definition) is 9. The minimum atomic E-state index is -0.648. The Bertz CT molecular complexity index is 827. The summed E-state index contributed by atoms with van der Waals surface area (Å²) in [6, 6.07) is 5.11. The summed E-state index contributed by atoms with van der Waals surface area (Å²) in [5.41, 5.74) is 0.490. The molecule has 0 heterocycles. The van der Waals surface area contributed by atoms with Gasteiger partial charge in [-0.05, 0) is 24.3 Å². The van der Waals surface area contributed by atoms with Crippen molar-refractivity contribution in [1.29, 1.82) is 5.41 Å². The fourth-order valence-electron chi connectivity index (χ4n) is 1.94. The molecule has 0 saturated heterocycles. The number of nitrogens with one attached hydrogen (secondary N) is 1. The molecule has 9 nitrogen and oxygen atoms in total. The van der Waals surface area contributed by atoms with Crippen molar-refractivity contribution in [1.82, 2.24) is 0 Å². The fourth-order valence-corrected chi connectivity index (χ4v) is 1.94. The van der Waals surface area contributed by atoms with E-state index in [2.05, 4.69) is 9.98 Å². The molecule has 27 heavy (non-hydrogen) atoms. The minimum absolute atomic E-state index is 0. The van der Waals surface area contributed by atoms with Gasteiger partial charge in [0.1, 0.15) is 0 Å². The minimum Gasteiger partial charge on any atom is -0.504 e. The molecule has 0 aliphatic rings. The first kappa shape index (κ1) is 21.6. The van der Waals surface area contributed by atoms with E-state index in [1.165, 1.54) is 36.7 Å². The van der Waals surface area contributed by atoms with E-state index in [4.69, 9.17) is 5.41 Å². The molecule has 2 aromatic rings. The Kier molecular flexibility index (Phi) is 7.43. The highest BCUT2D eigenvalue weighted by Crippen LogP contribution is 2.36. The second-order valence-corrected chi connectivity index (χ2v) is 5.29.